The minimum Gasteiger partial charge on any atom is -1.00 e. The van der Waals surface area contributed by atoms with E-state index in [1.807, 2.05) is 74.9 Å². The summed E-state index contributed by atoms with van der Waals surface area (Å²) in [4.78, 5) is 35.4. The molecular weight excluding hydrogens is 893 g/mol. The maximum atomic E-state index is 9.44. The second kappa shape index (κ2) is 30.0. The number of hydrogen-bond donors (Lipinski definition) is 0. The fourth-order valence-corrected chi connectivity index (χ4v) is 5.77. The third kappa shape index (κ3) is 19.3. The molecule has 0 amide bonds. The molecule has 0 spiro atoms. The van der Waals surface area contributed by atoms with Crippen LogP contribution < -0.4 is 49.6 Å². The van der Waals surface area contributed by atoms with E-state index < -0.39 is 0 Å². The number of Topliss-reactive ketones (excluding diaryl/α,β-unsaturated/α-hetero) is 2. The van der Waals surface area contributed by atoms with Gasteiger partial charge >= 0.3 is 34.1 Å². The fourth-order valence-electron chi connectivity index (χ4n) is 5.77. The van der Waals surface area contributed by atoms with Gasteiger partial charge in [0.15, 0.2) is 0 Å². The number of ketones is 2. The number of halogens is 4. The van der Waals surface area contributed by atoms with Crippen LogP contribution >= 0.6 is 0 Å². The van der Waals surface area contributed by atoms with Gasteiger partial charge in [-0.3, -0.25) is 0 Å². The van der Waals surface area contributed by atoms with E-state index in [9.17, 15) is 9.59 Å². The maximum Gasteiger partial charge on any atom is 2.00 e. The largest absolute Gasteiger partial charge is 2.00 e. The molecule has 0 atom stereocenters. The number of imidazole rings is 4. The first-order valence-electron chi connectivity index (χ1n) is 16.7. The Morgan fingerprint density at radius 2 is 0.607 bits per heavy atom. The predicted octanol–water partition coefficient (Wildman–Crippen LogP) is -4.60. The van der Waals surface area contributed by atoms with Crippen molar-refractivity contribution in [3.63, 3.8) is 0 Å². The molecule has 2 aromatic carbocycles. The van der Waals surface area contributed by atoms with E-state index in [0.717, 1.165) is 26.2 Å². The van der Waals surface area contributed by atoms with Crippen molar-refractivity contribution in [3.8, 4) is 0 Å². The quantitative estimate of drug-likeness (QED) is 0.143. The molecule has 4 heterocycles. The Morgan fingerprint density at radius 3 is 0.750 bits per heavy atom. The molecule has 56 heavy (non-hydrogen) atoms. The SMILES string of the molecule is CC(C)=O.CC(C)=O.Cc1cc(C)c(Cn2ccnc2)c(C)c1Cn1ccnc1.Cc1cc(C)c(Cn2ccnc2)c(C)c1Cn1ccnc1.[Cl-].[Cl-].[Cl-].[Cl-].[Cu+2].[Cu+2]. The van der Waals surface area contributed by atoms with Crippen molar-refractivity contribution in [1.82, 2.24) is 38.2 Å². The molecule has 0 unspecified atom stereocenters. The van der Waals surface area contributed by atoms with E-state index >= 15 is 0 Å². The second-order valence-corrected chi connectivity index (χ2v) is 12.9. The molecule has 6 aromatic rings. The average molecular weight is 946 g/mol. The normalized spacial score (nSPS) is 9.18. The first kappa shape index (κ1) is 59.5. The van der Waals surface area contributed by atoms with Crippen molar-refractivity contribution in [2.45, 2.75) is 95.4 Å². The predicted molar refractivity (Wildman–Crippen MR) is 199 cm³/mol. The molecule has 0 aliphatic heterocycles. The number of hydrogen-bond acceptors (Lipinski definition) is 6. The van der Waals surface area contributed by atoms with Gasteiger partial charge in [0.05, 0.1) is 25.3 Å². The number of carbonyl (C=O) groups is 2. The molecule has 0 aliphatic carbocycles. The van der Waals surface area contributed by atoms with Gasteiger partial charge in [0.25, 0.3) is 0 Å². The molecule has 0 saturated carbocycles. The van der Waals surface area contributed by atoms with Crippen LogP contribution in [-0.2, 0) is 69.9 Å². The Labute approximate surface area is 378 Å². The Balaban J connectivity index is -0.000000372. The van der Waals surface area contributed by atoms with Crippen molar-refractivity contribution in [1.29, 1.82) is 0 Å². The van der Waals surface area contributed by atoms with Gasteiger partial charge < -0.3 is 77.5 Å². The third-order valence-electron chi connectivity index (χ3n) is 8.18. The summed E-state index contributed by atoms with van der Waals surface area (Å²) < 4.78 is 8.47. The first-order chi connectivity index (χ1) is 23.8. The van der Waals surface area contributed by atoms with Gasteiger partial charge in [-0.05, 0) is 125 Å². The van der Waals surface area contributed by atoms with E-state index in [1.54, 1.807) is 0 Å². The maximum absolute atomic E-state index is 9.44. The van der Waals surface area contributed by atoms with Gasteiger partial charge in [-0.25, -0.2) is 19.9 Å². The van der Waals surface area contributed by atoms with E-state index in [4.69, 9.17) is 0 Å². The summed E-state index contributed by atoms with van der Waals surface area (Å²) in [6.45, 7) is 22.8. The van der Waals surface area contributed by atoms with Crippen molar-refractivity contribution in [2.24, 2.45) is 0 Å². The van der Waals surface area contributed by atoms with Gasteiger partial charge in [-0.2, -0.15) is 0 Å². The Hall–Kier alpha value is -3.18. The summed E-state index contributed by atoms with van der Waals surface area (Å²) in [5.74, 6) is 0.333. The molecule has 314 valence electrons. The number of carbonyl (C=O) groups excluding carboxylic acids is 2. The molecule has 0 saturated heterocycles. The topological polar surface area (TPSA) is 105 Å². The van der Waals surface area contributed by atoms with E-state index in [2.05, 4.69) is 91.9 Å². The van der Waals surface area contributed by atoms with E-state index in [1.165, 1.54) is 83.3 Å². The molecule has 4 aromatic heterocycles. The van der Waals surface area contributed by atoms with Crippen LogP contribution in [0.4, 0.5) is 0 Å². The molecule has 2 radical (unpaired) electrons. The Bertz CT molecular complexity index is 1680. The van der Waals surface area contributed by atoms with E-state index in [0.29, 0.717) is 0 Å². The number of aryl methyl sites for hydroxylation is 4. The van der Waals surface area contributed by atoms with Gasteiger partial charge in [-0.1, -0.05) is 12.1 Å². The second-order valence-electron chi connectivity index (χ2n) is 12.9. The molecule has 16 heteroatoms. The number of nitrogens with zero attached hydrogens (tertiary/aromatic N) is 8. The summed E-state index contributed by atoms with van der Waals surface area (Å²) in [5.41, 5.74) is 13.6. The molecular formula is C40H52Cl4Cu2N8O2. The van der Waals surface area contributed by atoms with Gasteiger partial charge in [0.1, 0.15) is 11.6 Å². The van der Waals surface area contributed by atoms with Gasteiger partial charge in [0.2, 0.25) is 0 Å². The molecule has 10 nitrogen and oxygen atoms in total. The smallest absolute Gasteiger partial charge is 1.00 e. The van der Waals surface area contributed by atoms with Crippen molar-refractivity contribution in [3.05, 3.63) is 143 Å². The number of rotatable bonds is 8. The van der Waals surface area contributed by atoms with E-state index in [-0.39, 0.29) is 95.3 Å². The molecule has 0 aliphatic rings. The average Bonchev–Trinajstić information content (AvgIpc) is 3.87. The van der Waals surface area contributed by atoms with Crippen LogP contribution in [0.2, 0.25) is 0 Å². The van der Waals surface area contributed by atoms with Crippen LogP contribution in [0.5, 0.6) is 0 Å². The van der Waals surface area contributed by atoms with Gasteiger partial charge in [0, 0.05) is 75.8 Å². The van der Waals surface area contributed by atoms with Crippen LogP contribution in [-0.4, -0.2) is 49.8 Å². The van der Waals surface area contributed by atoms with Crippen molar-refractivity contribution < 1.29 is 93.4 Å². The Kier molecular flexibility index (Phi) is 31.9. The monoisotopic (exact) mass is 942 g/mol. The molecule has 0 N–H and O–H groups in total. The van der Waals surface area contributed by atoms with Crippen LogP contribution in [0.3, 0.4) is 0 Å². The van der Waals surface area contributed by atoms with Crippen LogP contribution in [0.1, 0.15) is 83.3 Å². The standard InChI is InChI=1S/2C17H20N4.2C3H6O.4ClH.2Cu/c2*1-13-8-14(2)17(10-21-7-5-19-12-21)15(3)16(13)9-20-6-4-18-11-20;2*1-3(2)4;;;;;;/h2*4-8,11-12H,9-10H2,1-3H3;2*1-2H3;4*1H;;/q;;;;;;;;2*+2/p-4. The van der Waals surface area contributed by atoms with Crippen LogP contribution in [0.25, 0.3) is 0 Å². The summed E-state index contributed by atoms with van der Waals surface area (Å²) >= 11 is 0. The summed E-state index contributed by atoms with van der Waals surface area (Å²) in [7, 11) is 0. The molecule has 0 bridgehead atoms. The zero-order chi connectivity index (χ0) is 36.8. The third-order valence-corrected chi connectivity index (χ3v) is 8.18. The summed E-state index contributed by atoms with van der Waals surface area (Å²) in [6.07, 6.45) is 22.8. The first-order valence-corrected chi connectivity index (χ1v) is 16.7. The fraction of sp³-hybridized carbons (Fsp3) is 0.350. The summed E-state index contributed by atoms with van der Waals surface area (Å²) in [6, 6.07) is 4.57. The number of aromatic nitrogens is 8. The molecule has 6 rings (SSSR count). The van der Waals surface area contributed by atoms with Gasteiger partial charge in [-0.15, -0.1) is 0 Å². The van der Waals surface area contributed by atoms with Crippen LogP contribution in [0, 0.1) is 41.5 Å². The van der Waals surface area contributed by atoms with Crippen molar-refractivity contribution >= 4 is 11.6 Å². The van der Waals surface area contributed by atoms with Crippen molar-refractivity contribution in [2.75, 3.05) is 0 Å². The van der Waals surface area contributed by atoms with Crippen LogP contribution in [0.15, 0.2) is 87.0 Å². The zero-order valence-corrected chi connectivity index (χ0v) is 38.3. The minimum absolute atomic E-state index is 0. The summed E-state index contributed by atoms with van der Waals surface area (Å²) in [5, 5.41) is 0. The zero-order valence-electron chi connectivity index (χ0n) is 33.4. The minimum atomic E-state index is 0. The molecule has 0 fully saturated rings. The number of benzene rings is 2. The Morgan fingerprint density at radius 1 is 0.429 bits per heavy atom.